The normalized spacial score (nSPS) is 12.6. The molecule has 0 spiro atoms. The molecular formula is C14H23BrN2. The minimum Gasteiger partial charge on any atom is -0.370 e. The highest BCUT2D eigenvalue weighted by Gasteiger charge is 2.32. The fraction of sp³-hybridized carbons (Fsp3) is 0.643. The molecule has 17 heavy (non-hydrogen) atoms. The number of pyridine rings is 1. The molecule has 0 atom stereocenters. The minimum atomic E-state index is 0.218. The number of aryl methyl sites for hydroxylation is 1. The largest absolute Gasteiger partial charge is 0.370 e. The third-order valence-electron chi connectivity index (χ3n) is 3.79. The number of nitrogens with zero attached hydrogens (tertiary/aromatic N) is 1. The molecule has 3 heteroatoms. The maximum absolute atomic E-state index is 4.37. The first-order valence-corrected chi connectivity index (χ1v) is 6.79. The maximum atomic E-state index is 4.37. The van der Waals surface area contributed by atoms with Gasteiger partial charge in [0, 0.05) is 17.2 Å². The van der Waals surface area contributed by atoms with Crippen molar-refractivity contribution in [3.8, 4) is 0 Å². The number of aromatic nitrogens is 1. The SMILES string of the molecule is Cc1cc(NCC(C)(C)C(C)(C)C)ncc1Br. The first-order chi connectivity index (χ1) is 7.63. The van der Waals surface area contributed by atoms with Crippen molar-refractivity contribution in [3.63, 3.8) is 0 Å². The number of anilines is 1. The highest BCUT2D eigenvalue weighted by molar-refractivity contribution is 9.10. The van der Waals surface area contributed by atoms with E-state index in [2.05, 4.69) is 73.8 Å². The van der Waals surface area contributed by atoms with Crippen molar-refractivity contribution in [1.29, 1.82) is 0 Å². The molecule has 0 fully saturated rings. The van der Waals surface area contributed by atoms with Gasteiger partial charge >= 0.3 is 0 Å². The van der Waals surface area contributed by atoms with E-state index in [1.165, 1.54) is 5.56 Å². The third-order valence-corrected chi connectivity index (χ3v) is 4.62. The van der Waals surface area contributed by atoms with Crippen molar-refractivity contribution in [1.82, 2.24) is 4.98 Å². The molecule has 0 saturated heterocycles. The molecule has 0 aliphatic carbocycles. The summed E-state index contributed by atoms with van der Waals surface area (Å²) in [6, 6.07) is 2.07. The second kappa shape index (κ2) is 4.97. The Morgan fingerprint density at radius 1 is 1.24 bits per heavy atom. The van der Waals surface area contributed by atoms with Crippen LogP contribution in [-0.2, 0) is 0 Å². The van der Waals surface area contributed by atoms with Gasteiger partial charge in [0.25, 0.3) is 0 Å². The average molecular weight is 299 g/mol. The van der Waals surface area contributed by atoms with E-state index < -0.39 is 0 Å². The number of hydrogen-bond acceptors (Lipinski definition) is 2. The molecule has 1 heterocycles. The summed E-state index contributed by atoms with van der Waals surface area (Å²) >= 11 is 3.46. The molecule has 0 aromatic carbocycles. The Hall–Kier alpha value is -0.570. The Labute approximate surface area is 113 Å². The number of hydrogen-bond donors (Lipinski definition) is 1. The van der Waals surface area contributed by atoms with Gasteiger partial charge in [-0.1, -0.05) is 34.6 Å². The molecule has 1 N–H and O–H groups in total. The van der Waals surface area contributed by atoms with Gasteiger partial charge in [-0.05, 0) is 45.3 Å². The summed E-state index contributed by atoms with van der Waals surface area (Å²) in [4.78, 5) is 4.37. The molecule has 1 rings (SSSR count). The molecule has 1 aromatic rings. The van der Waals surface area contributed by atoms with E-state index in [4.69, 9.17) is 0 Å². The monoisotopic (exact) mass is 298 g/mol. The zero-order valence-electron chi connectivity index (χ0n) is 11.7. The van der Waals surface area contributed by atoms with Gasteiger partial charge in [0.1, 0.15) is 5.82 Å². The first kappa shape index (κ1) is 14.5. The zero-order valence-corrected chi connectivity index (χ0v) is 13.3. The molecule has 1 aromatic heterocycles. The lowest BCUT2D eigenvalue weighted by molar-refractivity contribution is 0.148. The molecule has 96 valence electrons. The Morgan fingerprint density at radius 2 is 1.82 bits per heavy atom. The Morgan fingerprint density at radius 3 is 2.29 bits per heavy atom. The summed E-state index contributed by atoms with van der Waals surface area (Å²) in [6.07, 6.45) is 1.85. The summed E-state index contributed by atoms with van der Waals surface area (Å²) in [6.45, 7) is 14.4. The van der Waals surface area contributed by atoms with Crippen LogP contribution in [0.2, 0.25) is 0 Å². The molecule has 0 bridgehead atoms. The predicted octanol–water partition coefficient (Wildman–Crippen LogP) is 4.64. The van der Waals surface area contributed by atoms with Crippen LogP contribution in [0.3, 0.4) is 0 Å². The van der Waals surface area contributed by atoms with E-state index >= 15 is 0 Å². The van der Waals surface area contributed by atoms with Gasteiger partial charge in [-0.15, -0.1) is 0 Å². The molecule has 2 nitrogen and oxygen atoms in total. The van der Waals surface area contributed by atoms with Crippen molar-refractivity contribution >= 4 is 21.7 Å². The van der Waals surface area contributed by atoms with Crippen LogP contribution >= 0.6 is 15.9 Å². The average Bonchev–Trinajstić information content (AvgIpc) is 2.18. The maximum Gasteiger partial charge on any atom is 0.126 e. The fourth-order valence-corrected chi connectivity index (χ4v) is 1.43. The van der Waals surface area contributed by atoms with Crippen molar-refractivity contribution < 1.29 is 0 Å². The van der Waals surface area contributed by atoms with Crippen molar-refractivity contribution in [2.45, 2.75) is 41.5 Å². The molecule has 0 radical (unpaired) electrons. The van der Waals surface area contributed by atoms with Gasteiger partial charge in [0.2, 0.25) is 0 Å². The Balaban J connectivity index is 2.71. The lowest BCUT2D eigenvalue weighted by Gasteiger charge is -2.39. The predicted molar refractivity (Wildman–Crippen MR) is 78.4 cm³/mol. The lowest BCUT2D eigenvalue weighted by atomic mass is 9.69. The van der Waals surface area contributed by atoms with Crippen LogP contribution in [0.25, 0.3) is 0 Å². The standard InChI is InChI=1S/C14H23BrN2/c1-10-7-12(16-8-11(10)15)17-9-14(5,6)13(2,3)4/h7-8H,9H2,1-6H3,(H,16,17). The van der Waals surface area contributed by atoms with Crippen LogP contribution < -0.4 is 5.32 Å². The van der Waals surface area contributed by atoms with E-state index in [0.29, 0.717) is 0 Å². The molecule has 0 amide bonds. The van der Waals surface area contributed by atoms with Crippen LogP contribution in [-0.4, -0.2) is 11.5 Å². The number of rotatable bonds is 3. The fourth-order valence-electron chi connectivity index (χ4n) is 1.21. The Kier molecular flexibility index (Phi) is 4.23. The van der Waals surface area contributed by atoms with Gasteiger partial charge in [-0.3, -0.25) is 0 Å². The zero-order chi connectivity index (χ0) is 13.3. The minimum absolute atomic E-state index is 0.218. The third kappa shape index (κ3) is 3.70. The highest BCUT2D eigenvalue weighted by Crippen LogP contribution is 2.37. The number of halogens is 1. The van der Waals surface area contributed by atoms with Gasteiger partial charge in [0.15, 0.2) is 0 Å². The number of nitrogens with one attached hydrogen (secondary N) is 1. The summed E-state index contributed by atoms with van der Waals surface area (Å²) in [5.41, 5.74) is 1.69. The quantitative estimate of drug-likeness (QED) is 0.879. The molecular weight excluding hydrogens is 276 g/mol. The summed E-state index contributed by atoms with van der Waals surface area (Å²) in [5, 5.41) is 3.43. The molecule has 0 unspecified atom stereocenters. The van der Waals surface area contributed by atoms with E-state index in [1.54, 1.807) is 0 Å². The summed E-state index contributed by atoms with van der Waals surface area (Å²) < 4.78 is 1.05. The second-order valence-electron chi connectivity index (χ2n) is 6.31. The topological polar surface area (TPSA) is 24.9 Å². The van der Waals surface area contributed by atoms with Crippen LogP contribution in [0.1, 0.15) is 40.2 Å². The van der Waals surface area contributed by atoms with E-state index in [0.717, 1.165) is 16.8 Å². The Bertz CT molecular complexity index is 392. The summed E-state index contributed by atoms with van der Waals surface area (Å²) in [5.74, 6) is 0.947. The smallest absolute Gasteiger partial charge is 0.126 e. The van der Waals surface area contributed by atoms with Crippen molar-refractivity contribution in [2.75, 3.05) is 11.9 Å². The molecule has 0 aliphatic heterocycles. The van der Waals surface area contributed by atoms with Crippen LogP contribution in [0.5, 0.6) is 0 Å². The van der Waals surface area contributed by atoms with Crippen LogP contribution in [0.4, 0.5) is 5.82 Å². The van der Waals surface area contributed by atoms with Crippen molar-refractivity contribution in [2.24, 2.45) is 10.8 Å². The second-order valence-corrected chi connectivity index (χ2v) is 7.16. The highest BCUT2D eigenvalue weighted by atomic mass is 79.9. The van der Waals surface area contributed by atoms with E-state index in [1.807, 2.05) is 6.20 Å². The molecule has 0 aliphatic rings. The lowest BCUT2D eigenvalue weighted by Crippen LogP contribution is -2.36. The van der Waals surface area contributed by atoms with Crippen LogP contribution in [0.15, 0.2) is 16.7 Å². The first-order valence-electron chi connectivity index (χ1n) is 5.99. The van der Waals surface area contributed by atoms with E-state index in [9.17, 15) is 0 Å². The molecule has 0 saturated carbocycles. The van der Waals surface area contributed by atoms with Gasteiger partial charge in [0.05, 0.1) is 0 Å². The van der Waals surface area contributed by atoms with Crippen LogP contribution in [0, 0.1) is 17.8 Å². The van der Waals surface area contributed by atoms with Gasteiger partial charge in [-0.2, -0.15) is 0 Å². The van der Waals surface area contributed by atoms with Crippen molar-refractivity contribution in [3.05, 3.63) is 22.3 Å². The van der Waals surface area contributed by atoms with E-state index in [-0.39, 0.29) is 10.8 Å². The van der Waals surface area contributed by atoms with Gasteiger partial charge in [-0.25, -0.2) is 4.98 Å². The summed E-state index contributed by atoms with van der Waals surface area (Å²) in [7, 11) is 0. The van der Waals surface area contributed by atoms with Gasteiger partial charge < -0.3 is 5.32 Å².